The van der Waals surface area contributed by atoms with Crippen molar-refractivity contribution in [1.82, 2.24) is 5.32 Å². The lowest BCUT2D eigenvalue weighted by Crippen LogP contribution is -2.50. The van der Waals surface area contributed by atoms with Gasteiger partial charge >= 0.3 is 6.18 Å². The quantitative estimate of drug-likeness (QED) is 0.527. The second-order valence-corrected chi connectivity index (χ2v) is 6.00. The second kappa shape index (κ2) is 10.8. The fourth-order valence-corrected chi connectivity index (χ4v) is 2.25. The SMILES string of the molecule is C=C.CC(O)C(NC(=O)c1ccc(C#Cc2ccc(C(F)(F)F)cc2)cc1)C(N)=O. The molecule has 4 N–H and O–H groups in total. The first-order valence-corrected chi connectivity index (χ1v) is 8.65. The van der Waals surface area contributed by atoms with E-state index in [9.17, 15) is 27.9 Å². The number of carbonyl (C=O) groups excluding carboxylic acids is 2. The van der Waals surface area contributed by atoms with Crippen molar-refractivity contribution in [2.24, 2.45) is 5.73 Å². The Bertz CT molecular complexity index is 925. The summed E-state index contributed by atoms with van der Waals surface area (Å²) in [5.41, 5.74) is 5.55. The summed E-state index contributed by atoms with van der Waals surface area (Å²) in [6.45, 7) is 7.33. The zero-order chi connectivity index (χ0) is 22.9. The molecule has 5 nitrogen and oxygen atoms in total. The number of nitrogens with one attached hydrogen (secondary N) is 1. The predicted molar refractivity (Wildman–Crippen MR) is 107 cm³/mol. The van der Waals surface area contributed by atoms with E-state index in [4.69, 9.17) is 5.73 Å². The molecule has 2 unspecified atom stereocenters. The fraction of sp³-hybridized carbons (Fsp3) is 0.182. The minimum Gasteiger partial charge on any atom is -0.391 e. The van der Waals surface area contributed by atoms with Crippen LogP contribution in [0.1, 0.15) is 34.0 Å². The summed E-state index contributed by atoms with van der Waals surface area (Å²) in [5, 5.41) is 11.8. The molecule has 2 amide bonds. The van der Waals surface area contributed by atoms with E-state index in [1.165, 1.54) is 31.2 Å². The predicted octanol–water partition coefficient (Wildman–Crippen LogP) is 2.87. The van der Waals surface area contributed by atoms with E-state index in [1.807, 2.05) is 0 Å². The van der Waals surface area contributed by atoms with Crippen LogP contribution in [0.25, 0.3) is 0 Å². The van der Waals surface area contributed by atoms with Gasteiger partial charge in [-0.3, -0.25) is 9.59 Å². The molecule has 158 valence electrons. The van der Waals surface area contributed by atoms with Crippen LogP contribution in [0.2, 0.25) is 0 Å². The molecule has 0 heterocycles. The molecule has 0 saturated heterocycles. The molecule has 0 bridgehead atoms. The Morgan fingerprint density at radius 3 is 1.80 bits per heavy atom. The largest absolute Gasteiger partial charge is 0.416 e. The summed E-state index contributed by atoms with van der Waals surface area (Å²) in [5.74, 6) is 4.07. The highest BCUT2D eigenvalue weighted by atomic mass is 19.4. The van der Waals surface area contributed by atoms with E-state index in [-0.39, 0.29) is 5.56 Å². The molecule has 0 aliphatic heterocycles. The average molecular weight is 418 g/mol. The molecule has 8 heteroatoms. The molecule has 2 aromatic rings. The maximum Gasteiger partial charge on any atom is 0.416 e. The fourth-order valence-electron chi connectivity index (χ4n) is 2.25. The smallest absolute Gasteiger partial charge is 0.391 e. The van der Waals surface area contributed by atoms with Crippen LogP contribution >= 0.6 is 0 Å². The molecule has 2 aromatic carbocycles. The number of hydrogen-bond acceptors (Lipinski definition) is 3. The molecule has 0 radical (unpaired) electrons. The average Bonchev–Trinajstić information content (AvgIpc) is 2.71. The van der Waals surface area contributed by atoms with E-state index < -0.39 is 35.7 Å². The van der Waals surface area contributed by atoms with Crippen LogP contribution in [0.3, 0.4) is 0 Å². The van der Waals surface area contributed by atoms with Gasteiger partial charge < -0.3 is 16.2 Å². The van der Waals surface area contributed by atoms with E-state index >= 15 is 0 Å². The van der Waals surface area contributed by atoms with Crippen molar-refractivity contribution in [2.75, 3.05) is 0 Å². The van der Waals surface area contributed by atoms with Crippen LogP contribution in [0.15, 0.2) is 61.7 Å². The van der Waals surface area contributed by atoms with Gasteiger partial charge in [0, 0.05) is 16.7 Å². The Hall–Kier alpha value is -3.57. The molecule has 0 aliphatic rings. The first-order chi connectivity index (χ1) is 14.1. The Labute approximate surface area is 172 Å². The monoisotopic (exact) mass is 418 g/mol. The molecular formula is C22H21F3N2O3. The lowest BCUT2D eigenvalue weighted by atomic mass is 10.1. The zero-order valence-corrected chi connectivity index (χ0v) is 16.2. The first kappa shape index (κ1) is 24.5. The van der Waals surface area contributed by atoms with Crippen LogP contribution in [0.4, 0.5) is 13.2 Å². The molecular weight excluding hydrogens is 397 g/mol. The third kappa shape index (κ3) is 7.11. The molecule has 0 spiro atoms. The molecule has 2 atom stereocenters. The summed E-state index contributed by atoms with van der Waals surface area (Å²) in [7, 11) is 0. The van der Waals surface area contributed by atoms with Crippen LogP contribution < -0.4 is 11.1 Å². The Balaban J connectivity index is 0.00000218. The van der Waals surface area contributed by atoms with Gasteiger partial charge in [0.2, 0.25) is 5.91 Å². The number of amides is 2. The second-order valence-electron chi connectivity index (χ2n) is 6.00. The van der Waals surface area contributed by atoms with Gasteiger partial charge in [0.15, 0.2) is 0 Å². The summed E-state index contributed by atoms with van der Waals surface area (Å²) < 4.78 is 37.6. The maximum absolute atomic E-state index is 12.5. The van der Waals surface area contributed by atoms with Gasteiger partial charge in [0.25, 0.3) is 5.91 Å². The molecule has 30 heavy (non-hydrogen) atoms. The standard InChI is InChI=1S/C20H17F3N2O3.C2H4/c1-12(26)17(18(24)27)25-19(28)15-8-4-13(5-9-15)2-3-14-6-10-16(11-7-14)20(21,22)23;1-2/h4-12,17,26H,1H3,(H2,24,27)(H,25,28);1-2H2. The zero-order valence-electron chi connectivity index (χ0n) is 16.2. The highest BCUT2D eigenvalue weighted by molar-refractivity contribution is 5.97. The van der Waals surface area contributed by atoms with E-state index in [1.54, 1.807) is 12.1 Å². The third-order valence-electron chi connectivity index (χ3n) is 3.79. The minimum absolute atomic E-state index is 0.229. The van der Waals surface area contributed by atoms with Crippen molar-refractivity contribution in [1.29, 1.82) is 0 Å². The number of rotatable bonds is 4. The summed E-state index contributed by atoms with van der Waals surface area (Å²) in [4.78, 5) is 23.3. The molecule has 0 fully saturated rings. The summed E-state index contributed by atoms with van der Waals surface area (Å²) >= 11 is 0. The third-order valence-corrected chi connectivity index (χ3v) is 3.79. The molecule has 0 aliphatic carbocycles. The lowest BCUT2D eigenvalue weighted by molar-refractivity contribution is -0.137. The Morgan fingerprint density at radius 2 is 1.43 bits per heavy atom. The summed E-state index contributed by atoms with van der Waals surface area (Å²) in [6, 6.07) is 9.27. The number of aliphatic hydroxyl groups excluding tert-OH is 1. The van der Waals surface area contributed by atoms with Crippen LogP contribution in [-0.4, -0.2) is 29.1 Å². The van der Waals surface area contributed by atoms with Crippen molar-refractivity contribution < 1.29 is 27.9 Å². The number of alkyl halides is 3. The first-order valence-electron chi connectivity index (χ1n) is 8.65. The number of benzene rings is 2. The van der Waals surface area contributed by atoms with E-state index in [2.05, 4.69) is 30.3 Å². The normalized spacial score (nSPS) is 12.3. The summed E-state index contributed by atoms with van der Waals surface area (Å²) in [6.07, 6.45) is -5.54. The topological polar surface area (TPSA) is 92.4 Å². The number of hydrogen-bond donors (Lipinski definition) is 3. The number of aliphatic hydroxyl groups is 1. The maximum atomic E-state index is 12.5. The van der Waals surface area contributed by atoms with Gasteiger partial charge in [-0.05, 0) is 55.5 Å². The molecule has 0 aromatic heterocycles. The molecule has 0 saturated carbocycles. The Morgan fingerprint density at radius 1 is 1.00 bits per heavy atom. The van der Waals surface area contributed by atoms with Crippen molar-refractivity contribution in [3.8, 4) is 11.8 Å². The van der Waals surface area contributed by atoms with Crippen molar-refractivity contribution in [3.63, 3.8) is 0 Å². The van der Waals surface area contributed by atoms with E-state index in [0.717, 1.165) is 12.1 Å². The van der Waals surface area contributed by atoms with Crippen molar-refractivity contribution >= 4 is 11.8 Å². The number of primary amides is 1. The highest BCUT2D eigenvalue weighted by Gasteiger charge is 2.29. The number of carbonyl (C=O) groups is 2. The van der Waals surface area contributed by atoms with Crippen LogP contribution in [-0.2, 0) is 11.0 Å². The minimum atomic E-state index is -4.40. The van der Waals surface area contributed by atoms with E-state index in [0.29, 0.717) is 11.1 Å². The van der Waals surface area contributed by atoms with Crippen molar-refractivity contribution in [2.45, 2.75) is 25.2 Å². The number of halogens is 3. The van der Waals surface area contributed by atoms with Gasteiger partial charge in [0.05, 0.1) is 11.7 Å². The van der Waals surface area contributed by atoms with Gasteiger partial charge in [-0.2, -0.15) is 13.2 Å². The van der Waals surface area contributed by atoms with Crippen LogP contribution in [0, 0.1) is 11.8 Å². The highest BCUT2D eigenvalue weighted by Crippen LogP contribution is 2.28. The van der Waals surface area contributed by atoms with Gasteiger partial charge in [-0.1, -0.05) is 11.8 Å². The van der Waals surface area contributed by atoms with Crippen LogP contribution in [0.5, 0.6) is 0 Å². The van der Waals surface area contributed by atoms with Gasteiger partial charge in [-0.15, -0.1) is 13.2 Å². The Kier molecular flexibility index (Phi) is 8.84. The van der Waals surface area contributed by atoms with Gasteiger partial charge in [-0.25, -0.2) is 0 Å². The lowest BCUT2D eigenvalue weighted by Gasteiger charge is -2.17. The van der Waals surface area contributed by atoms with Gasteiger partial charge in [0.1, 0.15) is 6.04 Å². The molecule has 2 rings (SSSR count). The number of nitrogens with two attached hydrogens (primary N) is 1. The van der Waals surface area contributed by atoms with Crippen molar-refractivity contribution in [3.05, 3.63) is 83.9 Å².